The van der Waals surface area contributed by atoms with Gasteiger partial charge in [0.15, 0.2) is 0 Å². The molecule has 20 heavy (non-hydrogen) atoms. The lowest BCUT2D eigenvalue weighted by Gasteiger charge is -2.14. The molecule has 5 heteroatoms. The number of thiophene rings is 1. The lowest BCUT2D eigenvalue weighted by Crippen LogP contribution is -2.26. The number of amides is 1. The van der Waals surface area contributed by atoms with Crippen LogP contribution in [0.2, 0.25) is 0 Å². The fourth-order valence-electron chi connectivity index (χ4n) is 1.60. The summed E-state index contributed by atoms with van der Waals surface area (Å²) in [7, 11) is 1.73. The second-order valence-electron chi connectivity index (χ2n) is 4.25. The Morgan fingerprint density at radius 1 is 1.25 bits per heavy atom. The van der Waals surface area contributed by atoms with Gasteiger partial charge in [-0.15, -0.1) is 0 Å². The smallest absolute Gasteiger partial charge is 0.344 e. The summed E-state index contributed by atoms with van der Waals surface area (Å²) >= 11 is 1.43. The van der Waals surface area contributed by atoms with Crippen LogP contribution in [0, 0.1) is 0 Å². The summed E-state index contributed by atoms with van der Waals surface area (Å²) in [6.45, 7) is 2.52. The molecule has 1 heterocycles. The minimum Gasteiger partial charge on any atom is -0.423 e. The Labute approximate surface area is 121 Å². The molecular formula is C15H15NO3S. The molecule has 2 aromatic rings. The van der Waals surface area contributed by atoms with Crippen LogP contribution in [0.25, 0.3) is 0 Å². The van der Waals surface area contributed by atoms with Crippen LogP contribution >= 0.6 is 11.3 Å². The number of rotatable bonds is 4. The zero-order valence-electron chi connectivity index (χ0n) is 11.3. The lowest BCUT2D eigenvalue weighted by molar-refractivity contribution is 0.0730. The number of nitrogens with zero attached hydrogens (tertiary/aromatic N) is 1. The number of hydrogen-bond acceptors (Lipinski definition) is 4. The number of benzene rings is 1. The van der Waals surface area contributed by atoms with Crippen molar-refractivity contribution in [3.63, 3.8) is 0 Å². The zero-order chi connectivity index (χ0) is 14.5. The van der Waals surface area contributed by atoms with Crippen molar-refractivity contribution >= 4 is 23.2 Å². The molecule has 0 saturated carbocycles. The summed E-state index contributed by atoms with van der Waals surface area (Å²) < 4.78 is 5.26. The minimum atomic E-state index is -0.417. The van der Waals surface area contributed by atoms with Gasteiger partial charge in [0.25, 0.3) is 5.91 Å². The minimum absolute atomic E-state index is 0.0964. The highest BCUT2D eigenvalue weighted by molar-refractivity contribution is 7.08. The highest BCUT2D eigenvalue weighted by Gasteiger charge is 2.13. The maximum Gasteiger partial charge on any atom is 0.344 e. The normalized spacial score (nSPS) is 10.1. The van der Waals surface area contributed by atoms with Gasteiger partial charge in [0.1, 0.15) is 5.75 Å². The van der Waals surface area contributed by atoms with Crippen LogP contribution in [0.4, 0.5) is 0 Å². The monoisotopic (exact) mass is 289 g/mol. The molecule has 0 bridgehead atoms. The van der Waals surface area contributed by atoms with Gasteiger partial charge < -0.3 is 9.64 Å². The van der Waals surface area contributed by atoms with Crippen molar-refractivity contribution in [3.05, 3.63) is 52.2 Å². The highest BCUT2D eigenvalue weighted by Crippen LogP contribution is 2.17. The van der Waals surface area contributed by atoms with Crippen LogP contribution < -0.4 is 4.74 Å². The quantitative estimate of drug-likeness (QED) is 0.642. The van der Waals surface area contributed by atoms with Gasteiger partial charge in [-0.1, -0.05) is 6.07 Å². The molecule has 1 amide bonds. The summed E-state index contributed by atoms with van der Waals surface area (Å²) in [5.41, 5.74) is 1.02. The van der Waals surface area contributed by atoms with E-state index >= 15 is 0 Å². The molecule has 0 aliphatic carbocycles. The van der Waals surface area contributed by atoms with Gasteiger partial charge in [0.2, 0.25) is 0 Å². The van der Waals surface area contributed by atoms with E-state index in [4.69, 9.17) is 4.74 Å². The van der Waals surface area contributed by atoms with Crippen LogP contribution in [-0.2, 0) is 0 Å². The second kappa shape index (κ2) is 6.34. The summed E-state index contributed by atoms with van der Waals surface area (Å²) in [5, 5.41) is 3.54. The van der Waals surface area contributed by atoms with Gasteiger partial charge in [-0.3, -0.25) is 4.79 Å². The summed E-state index contributed by atoms with van der Waals surface area (Å²) in [4.78, 5) is 25.5. The van der Waals surface area contributed by atoms with Gasteiger partial charge in [0.05, 0.1) is 5.56 Å². The number of hydrogen-bond donors (Lipinski definition) is 0. The Kier molecular flexibility index (Phi) is 4.53. The third-order valence-corrected chi connectivity index (χ3v) is 3.55. The molecule has 104 valence electrons. The van der Waals surface area contributed by atoms with Gasteiger partial charge in [0, 0.05) is 24.5 Å². The predicted molar refractivity (Wildman–Crippen MR) is 78.4 cm³/mol. The van der Waals surface area contributed by atoms with Gasteiger partial charge in [-0.25, -0.2) is 4.79 Å². The van der Waals surface area contributed by atoms with E-state index in [2.05, 4.69) is 0 Å². The molecule has 4 nitrogen and oxygen atoms in total. The molecule has 0 N–H and O–H groups in total. The fraction of sp³-hybridized carbons (Fsp3) is 0.200. The molecular weight excluding hydrogens is 274 g/mol. The van der Waals surface area contributed by atoms with Crippen molar-refractivity contribution in [1.29, 1.82) is 0 Å². The Morgan fingerprint density at radius 3 is 2.70 bits per heavy atom. The summed E-state index contributed by atoms with van der Waals surface area (Å²) in [6.07, 6.45) is 0. The SMILES string of the molecule is CCN(C)C(=O)c1cccc(OC(=O)c2ccsc2)c1. The maximum atomic E-state index is 12.0. The van der Waals surface area contributed by atoms with Crippen molar-refractivity contribution in [3.8, 4) is 5.75 Å². The molecule has 0 aliphatic rings. The first-order valence-corrected chi connectivity index (χ1v) is 7.16. The maximum absolute atomic E-state index is 12.0. The molecule has 0 unspecified atom stereocenters. The van der Waals surface area contributed by atoms with E-state index in [0.29, 0.717) is 23.4 Å². The average Bonchev–Trinajstić information content (AvgIpc) is 3.00. The van der Waals surface area contributed by atoms with E-state index in [-0.39, 0.29) is 5.91 Å². The van der Waals surface area contributed by atoms with E-state index in [1.807, 2.05) is 12.3 Å². The van der Waals surface area contributed by atoms with Crippen LogP contribution in [0.3, 0.4) is 0 Å². The van der Waals surface area contributed by atoms with Gasteiger partial charge in [-0.2, -0.15) is 11.3 Å². The first kappa shape index (κ1) is 14.3. The summed E-state index contributed by atoms with van der Waals surface area (Å²) in [5.74, 6) is -0.141. The van der Waals surface area contributed by atoms with Crippen molar-refractivity contribution < 1.29 is 14.3 Å². The number of carbonyl (C=O) groups excluding carboxylic acids is 2. The first-order valence-electron chi connectivity index (χ1n) is 6.21. The van der Waals surface area contributed by atoms with Gasteiger partial charge in [-0.05, 0) is 36.6 Å². The van der Waals surface area contributed by atoms with Crippen LogP contribution in [0.1, 0.15) is 27.6 Å². The van der Waals surface area contributed by atoms with E-state index in [0.717, 1.165) is 0 Å². The molecule has 0 spiro atoms. The molecule has 0 radical (unpaired) electrons. The third-order valence-electron chi connectivity index (χ3n) is 2.87. The van der Waals surface area contributed by atoms with Crippen LogP contribution in [-0.4, -0.2) is 30.4 Å². The predicted octanol–water partition coefficient (Wildman–Crippen LogP) is 3.06. The third kappa shape index (κ3) is 3.24. The Morgan fingerprint density at radius 2 is 2.05 bits per heavy atom. The van der Waals surface area contributed by atoms with Crippen molar-refractivity contribution in [2.45, 2.75) is 6.92 Å². The fourth-order valence-corrected chi connectivity index (χ4v) is 2.23. The topological polar surface area (TPSA) is 46.6 Å². The summed E-state index contributed by atoms with van der Waals surface area (Å²) in [6, 6.07) is 8.35. The number of esters is 1. The molecule has 0 aliphatic heterocycles. The molecule has 0 atom stereocenters. The Hall–Kier alpha value is -2.14. The van der Waals surface area contributed by atoms with Crippen LogP contribution in [0.5, 0.6) is 5.75 Å². The second-order valence-corrected chi connectivity index (χ2v) is 5.03. The molecule has 0 fully saturated rings. The van der Waals surface area contributed by atoms with Crippen LogP contribution in [0.15, 0.2) is 41.1 Å². The average molecular weight is 289 g/mol. The van der Waals surface area contributed by atoms with E-state index in [9.17, 15) is 9.59 Å². The number of ether oxygens (including phenoxy) is 1. The number of carbonyl (C=O) groups is 2. The van der Waals surface area contributed by atoms with Crippen molar-refractivity contribution in [1.82, 2.24) is 4.90 Å². The van der Waals surface area contributed by atoms with E-state index in [1.54, 1.807) is 47.7 Å². The Balaban J connectivity index is 2.14. The molecule has 0 saturated heterocycles. The molecule has 1 aromatic carbocycles. The van der Waals surface area contributed by atoms with E-state index < -0.39 is 5.97 Å². The van der Waals surface area contributed by atoms with E-state index in [1.165, 1.54) is 11.3 Å². The van der Waals surface area contributed by atoms with Gasteiger partial charge >= 0.3 is 5.97 Å². The molecule has 1 aromatic heterocycles. The standard InChI is InChI=1S/C15H15NO3S/c1-3-16(2)14(17)11-5-4-6-13(9-11)19-15(18)12-7-8-20-10-12/h4-10H,3H2,1-2H3. The van der Waals surface area contributed by atoms with Crippen molar-refractivity contribution in [2.75, 3.05) is 13.6 Å². The zero-order valence-corrected chi connectivity index (χ0v) is 12.1. The Bertz CT molecular complexity index is 607. The lowest BCUT2D eigenvalue weighted by atomic mass is 10.2. The largest absolute Gasteiger partial charge is 0.423 e. The first-order chi connectivity index (χ1) is 9.61. The highest BCUT2D eigenvalue weighted by atomic mass is 32.1. The van der Waals surface area contributed by atoms with Crippen molar-refractivity contribution in [2.24, 2.45) is 0 Å². The molecule has 2 rings (SSSR count).